The maximum Gasteiger partial charge on any atom is 0.343 e. The largest absolute Gasteiger partial charge is 0.472 e. The second-order valence-corrected chi connectivity index (χ2v) is 3.46. The van der Waals surface area contributed by atoms with E-state index in [0.717, 1.165) is 0 Å². The molecule has 0 spiro atoms. The molecule has 0 atom stereocenters. The Morgan fingerprint density at radius 1 is 1.67 bits per heavy atom. The van der Waals surface area contributed by atoms with Crippen LogP contribution in [0, 0.1) is 0 Å². The van der Waals surface area contributed by atoms with Gasteiger partial charge in [0.05, 0.1) is 7.11 Å². The van der Waals surface area contributed by atoms with Crippen LogP contribution < -0.4 is 0 Å². The topological polar surface area (TPSA) is 55.7 Å². The number of halogens is 2. The van der Waals surface area contributed by atoms with Crippen LogP contribution in [0.2, 0.25) is 0 Å². The van der Waals surface area contributed by atoms with Gasteiger partial charge in [0.1, 0.15) is 0 Å². The molecular formula is C2H3Cl2NO3S. The molecule has 0 rings (SSSR count). The molecule has 54 valence electrons. The fraction of sp³-hybridized carbons (Fsp3) is 0.500. The predicted molar refractivity (Wildman–Crippen MR) is 35.1 cm³/mol. The lowest BCUT2D eigenvalue weighted by Gasteiger charge is -1.89. The zero-order chi connectivity index (χ0) is 7.49. The van der Waals surface area contributed by atoms with Crippen molar-refractivity contribution in [3.63, 3.8) is 0 Å². The van der Waals surface area contributed by atoms with E-state index in [4.69, 9.17) is 11.6 Å². The van der Waals surface area contributed by atoms with Crippen molar-refractivity contribution in [2.75, 3.05) is 7.11 Å². The first-order valence-corrected chi connectivity index (χ1v) is 4.34. The van der Waals surface area contributed by atoms with Gasteiger partial charge in [0.25, 0.3) is 5.36 Å². The molecule has 0 aliphatic heterocycles. The SMILES string of the molecule is CO/C(Cl)=N/S(=O)(=O)Cl. The van der Waals surface area contributed by atoms with Gasteiger partial charge in [0.15, 0.2) is 0 Å². The Morgan fingerprint density at radius 3 is 2.22 bits per heavy atom. The third kappa shape index (κ3) is 5.88. The molecule has 0 heterocycles. The zero-order valence-corrected chi connectivity index (χ0v) is 6.66. The van der Waals surface area contributed by atoms with E-state index in [0.29, 0.717) is 0 Å². The van der Waals surface area contributed by atoms with Crippen molar-refractivity contribution in [2.24, 2.45) is 4.40 Å². The Kier molecular flexibility index (Phi) is 3.24. The Balaban J connectivity index is 4.32. The van der Waals surface area contributed by atoms with E-state index in [1.165, 1.54) is 7.11 Å². The van der Waals surface area contributed by atoms with Crippen molar-refractivity contribution in [2.45, 2.75) is 0 Å². The van der Waals surface area contributed by atoms with Crippen LogP contribution >= 0.6 is 22.3 Å². The average molecular weight is 192 g/mol. The summed E-state index contributed by atoms with van der Waals surface area (Å²) in [7, 11) is 1.87. The first-order chi connectivity index (χ1) is 3.95. The molecule has 0 aromatic heterocycles. The van der Waals surface area contributed by atoms with Crippen LogP contribution in [-0.2, 0) is 14.0 Å². The van der Waals surface area contributed by atoms with Gasteiger partial charge in [-0.05, 0) is 11.6 Å². The third-order valence-electron chi connectivity index (χ3n) is 0.349. The second kappa shape index (κ2) is 3.24. The van der Waals surface area contributed by atoms with Crippen molar-refractivity contribution in [1.29, 1.82) is 0 Å². The van der Waals surface area contributed by atoms with Gasteiger partial charge < -0.3 is 4.74 Å². The third-order valence-corrected chi connectivity index (χ3v) is 1.28. The number of hydrogen-bond donors (Lipinski definition) is 0. The number of rotatable bonds is 1. The number of nitrogens with zero attached hydrogens (tertiary/aromatic N) is 1. The van der Waals surface area contributed by atoms with Crippen LogP contribution in [0.1, 0.15) is 0 Å². The molecule has 0 fully saturated rings. The fourth-order valence-corrected chi connectivity index (χ4v) is 0.936. The molecule has 0 amide bonds. The maximum atomic E-state index is 10.0. The van der Waals surface area contributed by atoms with Crippen LogP contribution in [0.4, 0.5) is 0 Å². The zero-order valence-electron chi connectivity index (χ0n) is 4.34. The van der Waals surface area contributed by atoms with E-state index in [1.54, 1.807) is 0 Å². The lowest BCUT2D eigenvalue weighted by molar-refractivity contribution is 0.415. The summed E-state index contributed by atoms with van der Waals surface area (Å²) in [5.41, 5.74) is 0. The van der Waals surface area contributed by atoms with Crippen molar-refractivity contribution >= 4 is 36.9 Å². The first kappa shape index (κ1) is 9.00. The van der Waals surface area contributed by atoms with E-state index in [9.17, 15) is 8.42 Å². The number of hydrogen-bond acceptors (Lipinski definition) is 3. The quantitative estimate of drug-likeness (QED) is 0.349. The molecule has 0 aromatic rings. The highest BCUT2D eigenvalue weighted by atomic mass is 35.7. The van der Waals surface area contributed by atoms with Gasteiger partial charge in [-0.2, -0.15) is 8.42 Å². The van der Waals surface area contributed by atoms with Gasteiger partial charge in [-0.1, -0.05) is 0 Å². The van der Waals surface area contributed by atoms with Crippen LogP contribution in [0.3, 0.4) is 0 Å². The standard InChI is InChI=1S/C2H3Cl2NO3S/c1-8-2(3)5-9(4,6)7/h1H3/b5-2+. The van der Waals surface area contributed by atoms with Crippen LogP contribution in [0.25, 0.3) is 0 Å². The Hall–Kier alpha value is -0.000000000000000111. The van der Waals surface area contributed by atoms with Gasteiger partial charge in [-0.25, -0.2) is 0 Å². The Labute approximate surface area is 62.0 Å². The highest BCUT2D eigenvalue weighted by Crippen LogP contribution is 2.00. The normalized spacial score (nSPS) is 13.4. The minimum Gasteiger partial charge on any atom is -0.472 e. The van der Waals surface area contributed by atoms with E-state index in [2.05, 4.69) is 19.8 Å². The molecular weight excluding hydrogens is 189 g/mol. The molecule has 0 radical (unpaired) electrons. The molecule has 4 nitrogen and oxygen atoms in total. The predicted octanol–water partition coefficient (Wildman–Crippen LogP) is 0.711. The van der Waals surface area contributed by atoms with Gasteiger partial charge >= 0.3 is 9.24 Å². The van der Waals surface area contributed by atoms with E-state index in [1.807, 2.05) is 0 Å². The summed E-state index contributed by atoms with van der Waals surface area (Å²) in [4.78, 5) is 0. The summed E-state index contributed by atoms with van der Waals surface area (Å²) >= 11 is 5.01. The van der Waals surface area contributed by atoms with E-state index >= 15 is 0 Å². The van der Waals surface area contributed by atoms with Crippen molar-refractivity contribution in [3.05, 3.63) is 0 Å². The van der Waals surface area contributed by atoms with Crippen molar-refractivity contribution in [1.82, 2.24) is 0 Å². The number of ether oxygens (including phenoxy) is 1. The lowest BCUT2D eigenvalue weighted by atomic mass is 11.4. The average Bonchev–Trinajstić information content (AvgIpc) is 1.62. The van der Waals surface area contributed by atoms with Crippen molar-refractivity contribution in [3.8, 4) is 0 Å². The molecule has 0 saturated carbocycles. The lowest BCUT2D eigenvalue weighted by Crippen LogP contribution is -1.93. The summed E-state index contributed by atoms with van der Waals surface area (Å²) in [6, 6.07) is 0. The van der Waals surface area contributed by atoms with Crippen LogP contribution in [0.15, 0.2) is 4.40 Å². The summed E-state index contributed by atoms with van der Waals surface area (Å²) in [5, 5.41) is -0.509. The van der Waals surface area contributed by atoms with E-state index in [-0.39, 0.29) is 0 Å². The van der Waals surface area contributed by atoms with Gasteiger partial charge in [0.2, 0.25) is 0 Å². The minimum absolute atomic E-state index is 0.509. The molecule has 0 unspecified atom stereocenters. The first-order valence-electron chi connectivity index (χ1n) is 1.70. The molecule has 9 heavy (non-hydrogen) atoms. The van der Waals surface area contributed by atoms with Crippen LogP contribution in [0.5, 0.6) is 0 Å². The summed E-state index contributed by atoms with van der Waals surface area (Å²) < 4.78 is 26.9. The maximum absolute atomic E-state index is 10.0. The van der Waals surface area contributed by atoms with Gasteiger partial charge in [-0.3, -0.25) is 0 Å². The molecule has 7 heteroatoms. The monoisotopic (exact) mass is 191 g/mol. The highest BCUT2D eigenvalue weighted by Gasteiger charge is 2.02. The fourth-order valence-electron chi connectivity index (χ4n) is 0.123. The van der Waals surface area contributed by atoms with Crippen LogP contribution in [-0.4, -0.2) is 20.9 Å². The van der Waals surface area contributed by atoms with E-state index < -0.39 is 14.6 Å². The number of methoxy groups -OCH3 is 1. The molecule has 0 aliphatic rings. The van der Waals surface area contributed by atoms with Gasteiger partial charge in [-0.15, -0.1) is 4.40 Å². The molecule has 0 aliphatic carbocycles. The minimum atomic E-state index is -3.93. The smallest absolute Gasteiger partial charge is 0.343 e. The van der Waals surface area contributed by atoms with Crippen molar-refractivity contribution < 1.29 is 13.2 Å². The second-order valence-electron chi connectivity index (χ2n) is 0.960. The highest BCUT2D eigenvalue weighted by molar-refractivity contribution is 8.12. The Bertz CT molecular complexity index is 208. The summed E-state index contributed by atoms with van der Waals surface area (Å²) in [6.07, 6.45) is 0. The molecule has 0 aromatic carbocycles. The molecule has 0 N–H and O–H groups in total. The Morgan fingerprint density at radius 2 is 2.11 bits per heavy atom. The summed E-state index contributed by atoms with van der Waals surface area (Å²) in [6.45, 7) is 0. The molecule has 0 bridgehead atoms. The molecule has 0 saturated heterocycles. The van der Waals surface area contributed by atoms with Gasteiger partial charge in [0, 0.05) is 10.7 Å². The summed E-state index contributed by atoms with van der Waals surface area (Å²) in [5.74, 6) is 0.